The van der Waals surface area contributed by atoms with Crippen LogP contribution in [0.25, 0.3) is 77.3 Å². The van der Waals surface area contributed by atoms with Gasteiger partial charge >= 0.3 is 0 Å². The van der Waals surface area contributed by atoms with E-state index in [0.717, 1.165) is 123 Å². The average Bonchev–Trinajstić information content (AvgIpc) is 3.94. The number of fused-ring (bicyclic) bond motifs is 6. The molecule has 66 heavy (non-hydrogen) atoms. The van der Waals surface area contributed by atoms with Crippen LogP contribution in [-0.2, 0) is 0 Å². The molecule has 4 nitrogen and oxygen atoms in total. The minimum Gasteiger partial charge on any atom is -0.456 e. The lowest BCUT2D eigenvalue weighted by Gasteiger charge is -2.30. The zero-order chi connectivity index (χ0) is 44.1. The Morgan fingerprint density at radius 3 is 1.09 bits per heavy atom. The van der Waals surface area contributed by atoms with Gasteiger partial charge in [0.2, 0.25) is 0 Å². The minimum atomic E-state index is 0.875. The third kappa shape index (κ3) is 6.79. The fraction of sp³-hybridized carbons (Fsp3) is 0.0323. The largest absolute Gasteiger partial charge is 0.456 e. The fourth-order valence-corrected chi connectivity index (χ4v) is 9.75. The first-order valence-corrected chi connectivity index (χ1v) is 22.5. The zero-order valence-electron chi connectivity index (χ0n) is 36.7. The second kappa shape index (κ2) is 16.2. The molecule has 12 rings (SSSR count). The summed E-state index contributed by atoms with van der Waals surface area (Å²) in [6.45, 7) is 4.45. The van der Waals surface area contributed by atoms with Gasteiger partial charge in [-0.1, -0.05) is 146 Å². The molecule has 0 N–H and O–H groups in total. The van der Waals surface area contributed by atoms with E-state index in [-0.39, 0.29) is 0 Å². The highest BCUT2D eigenvalue weighted by Gasteiger charge is 2.23. The maximum absolute atomic E-state index is 6.29. The second-order valence-corrected chi connectivity index (χ2v) is 17.0. The van der Waals surface area contributed by atoms with Crippen molar-refractivity contribution in [2.75, 3.05) is 9.80 Å². The Morgan fingerprint density at radius 2 is 0.652 bits per heavy atom. The Bertz CT molecular complexity index is 3500. The molecule has 0 radical (unpaired) electrons. The van der Waals surface area contributed by atoms with Crippen molar-refractivity contribution >= 4 is 78.0 Å². The molecule has 0 amide bonds. The van der Waals surface area contributed by atoms with Crippen molar-refractivity contribution in [3.63, 3.8) is 0 Å². The summed E-state index contributed by atoms with van der Waals surface area (Å²) in [6, 6.07) is 82.1. The highest BCUT2D eigenvalue weighted by molar-refractivity contribution is 6.08. The van der Waals surface area contributed by atoms with Crippen LogP contribution in [0.3, 0.4) is 0 Å². The van der Waals surface area contributed by atoms with E-state index in [1.807, 2.05) is 24.3 Å². The van der Waals surface area contributed by atoms with Crippen molar-refractivity contribution in [1.82, 2.24) is 0 Å². The van der Waals surface area contributed by atoms with Crippen molar-refractivity contribution in [3.8, 4) is 33.4 Å². The van der Waals surface area contributed by atoms with E-state index in [1.54, 1.807) is 0 Å². The summed E-state index contributed by atoms with van der Waals surface area (Å²) >= 11 is 0. The number of para-hydroxylation sites is 4. The maximum Gasteiger partial charge on any atom is 0.135 e. The predicted molar refractivity (Wildman–Crippen MR) is 276 cm³/mol. The van der Waals surface area contributed by atoms with Gasteiger partial charge in [0.25, 0.3) is 0 Å². The van der Waals surface area contributed by atoms with Crippen LogP contribution >= 0.6 is 0 Å². The van der Waals surface area contributed by atoms with Crippen molar-refractivity contribution in [2.45, 2.75) is 13.8 Å². The molecular formula is C62H44N2O2. The molecule has 2 heterocycles. The second-order valence-electron chi connectivity index (χ2n) is 17.0. The van der Waals surface area contributed by atoms with E-state index >= 15 is 0 Å². The molecule has 10 aromatic carbocycles. The number of anilines is 6. The summed E-state index contributed by atoms with van der Waals surface area (Å²) < 4.78 is 12.6. The molecule has 0 fully saturated rings. The van der Waals surface area contributed by atoms with Gasteiger partial charge in [-0.15, -0.1) is 0 Å². The number of rotatable bonds is 9. The first kappa shape index (κ1) is 39.0. The SMILES string of the molecule is Cc1cc(-c2ccc(N(c3ccc4oc5ccccc5c4c3)c3ccccc3-c3ccccc3)c(C)c2)ccc1N(c1ccc2oc3ccccc3c2c1)c1ccccc1-c1ccccc1. The standard InChI is InChI=1S/C62H44N2O2/c1-41-37-45(29-33-55(41)63(57-25-13-9-21-49(57)43-17-5-3-6-18-43)47-31-35-61-53(39-47)51-23-11-15-27-59(51)65-61)46-30-34-56(42(2)38-46)64(58-26-14-10-22-50(58)44-19-7-4-8-20-44)48-32-36-62-54(40-48)52-24-12-16-28-60(52)66-62/h3-40H,1-2H3. The molecule has 4 heteroatoms. The molecular weight excluding hydrogens is 805 g/mol. The summed E-state index contributed by atoms with van der Waals surface area (Å²) in [6.07, 6.45) is 0. The predicted octanol–water partition coefficient (Wildman–Crippen LogP) is 18.0. The molecule has 0 aliphatic heterocycles. The average molecular weight is 849 g/mol. The summed E-state index contributed by atoms with van der Waals surface area (Å²) in [5.74, 6) is 0. The van der Waals surface area contributed by atoms with Gasteiger partial charge in [0.05, 0.1) is 11.4 Å². The third-order valence-electron chi connectivity index (χ3n) is 12.9. The zero-order valence-corrected chi connectivity index (χ0v) is 36.7. The van der Waals surface area contributed by atoms with E-state index in [2.05, 4.69) is 230 Å². The van der Waals surface area contributed by atoms with E-state index in [0.29, 0.717) is 0 Å². The number of aryl methyl sites for hydroxylation is 2. The lowest BCUT2D eigenvalue weighted by atomic mass is 9.97. The summed E-state index contributed by atoms with van der Waals surface area (Å²) in [7, 11) is 0. The Balaban J connectivity index is 0.978. The molecule has 0 aliphatic carbocycles. The van der Waals surface area contributed by atoms with Crippen LogP contribution in [0.5, 0.6) is 0 Å². The summed E-state index contributed by atoms with van der Waals surface area (Å²) in [5.41, 5.74) is 19.3. The molecule has 0 spiro atoms. The minimum absolute atomic E-state index is 0.875. The molecule has 0 atom stereocenters. The first-order chi connectivity index (χ1) is 32.6. The molecule has 2 aromatic heterocycles. The van der Waals surface area contributed by atoms with E-state index < -0.39 is 0 Å². The van der Waals surface area contributed by atoms with Crippen molar-refractivity contribution < 1.29 is 8.83 Å². The van der Waals surface area contributed by atoms with Gasteiger partial charge in [0.15, 0.2) is 0 Å². The summed E-state index contributed by atoms with van der Waals surface area (Å²) in [5, 5.41) is 4.39. The molecule has 0 saturated heterocycles. The van der Waals surface area contributed by atoms with Crippen molar-refractivity contribution in [1.29, 1.82) is 0 Å². The highest BCUT2D eigenvalue weighted by Crippen LogP contribution is 2.47. The lowest BCUT2D eigenvalue weighted by molar-refractivity contribution is 0.668. The van der Waals surface area contributed by atoms with Crippen molar-refractivity contribution in [3.05, 3.63) is 242 Å². The Kier molecular flexibility index (Phi) is 9.57. The number of hydrogen-bond donors (Lipinski definition) is 0. The number of hydrogen-bond acceptors (Lipinski definition) is 4. The number of nitrogens with zero attached hydrogens (tertiary/aromatic N) is 2. The quantitative estimate of drug-likeness (QED) is 0.145. The monoisotopic (exact) mass is 848 g/mol. The van der Waals surface area contributed by atoms with E-state index in [1.165, 1.54) is 0 Å². The van der Waals surface area contributed by atoms with Gasteiger partial charge in [-0.3, -0.25) is 0 Å². The molecule has 0 aliphatic rings. The summed E-state index contributed by atoms with van der Waals surface area (Å²) in [4.78, 5) is 4.80. The van der Waals surface area contributed by atoms with Gasteiger partial charge < -0.3 is 18.6 Å². The van der Waals surface area contributed by atoms with Gasteiger partial charge in [-0.05, 0) is 132 Å². The van der Waals surface area contributed by atoms with Crippen molar-refractivity contribution in [2.24, 2.45) is 0 Å². The van der Waals surface area contributed by atoms with Crippen LogP contribution in [0.2, 0.25) is 0 Å². The number of furan rings is 2. The van der Waals surface area contributed by atoms with Crippen LogP contribution in [-0.4, -0.2) is 0 Å². The molecule has 314 valence electrons. The Labute approximate surface area is 383 Å². The maximum atomic E-state index is 6.29. The number of benzene rings is 10. The lowest BCUT2D eigenvalue weighted by Crippen LogP contribution is -2.13. The van der Waals surface area contributed by atoms with Crippen LogP contribution in [0.4, 0.5) is 34.1 Å². The van der Waals surface area contributed by atoms with Gasteiger partial charge in [0.1, 0.15) is 22.3 Å². The van der Waals surface area contributed by atoms with Crippen LogP contribution < -0.4 is 9.80 Å². The van der Waals surface area contributed by atoms with Gasteiger partial charge in [-0.25, -0.2) is 0 Å². The van der Waals surface area contributed by atoms with Gasteiger partial charge in [0, 0.05) is 55.4 Å². The van der Waals surface area contributed by atoms with E-state index in [9.17, 15) is 0 Å². The molecule has 0 bridgehead atoms. The van der Waals surface area contributed by atoms with Gasteiger partial charge in [-0.2, -0.15) is 0 Å². The molecule has 12 aromatic rings. The molecule has 0 unspecified atom stereocenters. The normalized spacial score (nSPS) is 11.5. The topological polar surface area (TPSA) is 32.8 Å². The smallest absolute Gasteiger partial charge is 0.135 e. The highest BCUT2D eigenvalue weighted by atomic mass is 16.3. The third-order valence-corrected chi connectivity index (χ3v) is 12.9. The Morgan fingerprint density at radius 1 is 0.273 bits per heavy atom. The Hall–Kier alpha value is -8.60. The van der Waals surface area contributed by atoms with Crippen LogP contribution in [0.1, 0.15) is 11.1 Å². The molecule has 0 saturated carbocycles. The van der Waals surface area contributed by atoms with E-state index in [4.69, 9.17) is 8.83 Å². The van der Waals surface area contributed by atoms with Crippen LogP contribution in [0, 0.1) is 13.8 Å². The first-order valence-electron chi connectivity index (χ1n) is 22.5. The van der Waals surface area contributed by atoms with Crippen LogP contribution in [0.15, 0.2) is 239 Å². The fourth-order valence-electron chi connectivity index (χ4n) is 9.75.